The molecule has 16 aromatic rings. The number of benzene rings is 13. The molecule has 0 atom stereocenters. The molecule has 0 aliphatic heterocycles. The summed E-state index contributed by atoms with van der Waals surface area (Å²) in [7, 11) is -14.5. The van der Waals surface area contributed by atoms with E-state index in [0.29, 0.717) is 16.3 Å². The number of rotatable bonds is 15. The first-order valence-electron chi connectivity index (χ1n) is 49.2. The van der Waals surface area contributed by atoms with E-state index in [4.69, 9.17) is 17.1 Å². The third-order valence-corrected chi connectivity index (χ3v) is 23.8. The zero-order valence-corrected chi connectivity index (χ0v) is 51.6. The number of ether oxygens (including phenoxy) is 1. The van der Waals surface area contributed by atoms with Crippen LogP contribution in [0.15, 0.2) is 345 Å². The van der Waals surface area contributed by atoms with E-state index in [1.54, 1.807) is 30.3 Å². The van der Waals surface area contributed by atoms with Crippen molar-refractivity contribution in [3.63, 3.8) is 0 Å². The van der Waals surface area contributed by atoms with Crippen LogP contribution in [0.4, 0.5) is 0 Å². The normalized spacial score (nSPS) is 18.3. The average molecular weight is 1450 g/mol. The summed E-state index contributed by atoms with van der Waals surface area (Å²) in [6.45, 7) is -3.03. The molecular formula is C85H60N4OPtSi2-2. The molecule has 0 fully saturated rings. The second kappa shape index (κ2) is 25.1. The molecule has 0 unspecified atom stereocenters. The number of hydrogen-bond donors (Lipinski definition) is 0. The molecule has 13 aromatic carbocycles. The van der Waals surface area contributed by atoms with Crippen LogP contribution >= 0.6 is 0 Å². The maximum absolute atomic E-state index is 10.5. The summed E-state index contributed by atoms with van der Waals surface area (Å²) in [5, 5.41) is -9.49. The minimum absolute atomic E-state index is 0. The predicted molar refractivity (Wildman–Crippen MR) is 383 cm³/mol. The van der Waals surface area contributed by atoms with Gasteiger partial charge in [0.2, 0.25) is 0 Å². The van der Waals surface area contributed by atoms with Gasteiger partial charge in [-0.05, 0) is 93.8 Å². The monoisotopic (exact) mass is 1450 g/mol. The molecule has 3 heterocycles. The number of aryl methyl sites for hydroxylation is 1. The van der Waals surface area contributed by atoms with Gasteiger partial charge in [0.15, 0.2) is 16.1 Å². The number of imidazole rings is 1. The smallest absolute Gasteiger partial charge is 0.268 e. The minimum Gasteiger partial charge on any atom is -0.510 e. The van der Waals surface area contributed by atoms with Crippen molar-refractivity contribution < 1.29 is 89.3 Å². The van der Waals surface area contributed by atoms with Crippen LogP contribution in [0.1, 0.15) is 64.5 Å². The summed E-state index contributed by atoms with van der Waals surface area (Å²) in [6.07, 6.45) is 4.24. The molecule has 0 radical (unpaired) electrons. The standard InChI is InChI=1S/C85H60N4OSi2.Pt/c1-62-55-84(86-60-77(62)64-33-12-3-13-34-64)89-78-50-27-26-49-75(78)76-54-53-68(59-81(76)89)90-67-36-30-35-66(58-67)87-61-88(80-52-29-28-51-79(80)87)85-82(91(69-37-14-4-15-38-69,70-39-16-5-17-40-70)71-41-18-6-19-42-71)56-65(63-31-10-2-11-32-63)57-83(85)92(72-43-20-7-21-44-72,73-45-22-8-23-46-73)74-47-24-9-25-48-74;/h2-57,60H,1H3;/q-2;/i1D3,2D,3D,4D,5D,6D,7D,8D,9D,10D,11D,12D,13D,14D,15D,16D,17D,18D,19D,20D,21D,22D,23D,24D,25D,31D,32D,33D,34D,37D,38D,39D,40D,41D,42D,43D,44D,45D,46D,47D,48D;. The number of pyridine rings is 1. The summed E-state index contributed by atoms with van der Waals surface area (Å²) in [4.78, 5) is 4.65. The van der Waals surface area contributed by atoms with E-state index in [0.717, 1.165) is 27.5 Å². The molecule has 0 aliphatic carbocycles. The molecule has 16 rings (SSSR count). The number of hydrogen-bond acceptors (Lipinski definition) is 2. The Bertz CT molecular complexity index is 7190. The van der Waals surface area contributed by atoms with Gasteiger partial charge in [-0.2, -0.15) is 18.2 Å². The summed E-state index contributed by atoms with van der Waals surface area (Å²) in [5.41, 5.74) is -4.68. The van der Waals surface area contributed by atoms with Crippen molar-refractivity contribution in [1.29, 1.82) is 0 Å². The zero-order chi connectivity index (χ0) is 98.7. The molecule has 0 amide bonds. The van der Waals surface area contributed by atoms with Crippen LogP contribution in [0.25, 0.3) is 72.3 Å². The van der Waals surface area contributed by atoms with Crippen molar-refractivity contribution in [2.24, 2.45) is 0 Å². The number of aromatic nitrogens is 4. The fourth-order valence-corrected chi connectivity index (χ4v) is 19.8. The van der Waals surface area contributed by atoms with Crippen LogP contribution in [-0.2, 0) is 21.1 Å². The van der Waals surface area contributed by atoms with Crippen molar-refractivity contribution in [2.45, 2.75) is 6.85 Å². The first-order chi connectivity index (χ1) is 63.3. The zero-order valence-electron chi connectivity index (χ0n) is 90.3. The van der Waals surface area contributed by atoms with Gasteiger partial charge in [0.25, 0.3) is 6.33 Å². The van der Waals surface area contributed by atoms with Crippen LogP contribution in [0.2, 0.25) is 0 Å². The molecule has 0 spiro atoms. The summed E-state index contributed by atoms with van der Waals surface area (Å²) >= 11 is 0. The maximum Gasteiger partial charge on any atom is 0.268 e. The van der Waals surface area contributed by atoms with E-state index in [2.05, 4.69) is 23.4 Å². The summed E-state index contributed by atoms with van der Waals surface area (Å²) < 4.78 is 425. The van der Waals surface area contributed by atoms with Gasteiger partial charge in [0.1, 0.15) is 5.82 Å². The van der Waals surface area contributed by atoms with Crippen molar-refractivity contribution in [3.05, 3.63) is 369 Å². The van der Waals surface area contributed by atoms with E-state index < -0.39 is 340 Å². The Hall–Kier alpha value is -10.8. The largest absolute Gasteiger partial charge is 0.510 e. The number of fused-ring (bicyclic) bond motifs is 4. The van der Waals surface area contributed by atoms with Crippen LogP contribution in [0.5, 0.6) is 11.5 Å². The van der Waals surface area contributed by atoms with Gasteiger partial charge < -0.3 is 13.9 Å². The van der Waals surface area contributed by atoms with Crippen LogP contribution in [0.3, 0.4) is 0 Å². The van der Waals surface area contributed by atoms with Crippen LogP contribution in [-0.4, -0.2) is 30.3 Å². The second-order valence-corrected chi connectivity index (χ2v) is 27.3. The van der Waals surface area contributed by atoms with E-state index in [-0.39, 0.29) is 60.7 Å². The molecule has 3 aromatic heterocycles. The second-order valence-electron chi connectivity index (χ2n) is 20.2. The molecule has 0 saturated heterocycles. The van der Waals surface area contributed by atoms with E-state index in [9.17, 15) is 46.6 Å². The van der Waals surface area contributed by atoms with Gasteiger partial charge in [-0.3, -0.25) is 4.57 Å². The third kappa shape index (κ3) is 10.2. The maximum atomic E-state index is 10.5. The molecule has 93 heavy (non-hydrogen) atoms. The Balaban J connectivity index is 0.0000141. The van der Waals surface area contributed by atoms with E-state index in [1.807, 2.05) is 0 Å². The van der Waals surface area contributed by atoms with Gasteiger partial charge >= 0.3 is 0 Å². The predicted octanol–water partition coefficient (Wildman–Crippen LogP) is 14.0. The molecular weight excluding hydrogens is 1340 g/mol. The Morgan fingerprint density at radius 2 is 0.903 bits per heavy atom. The third-order valence-electron chi connectivity index (χ3n) is 15.4. The number of para-hydroxylation sites is 3. The Kier molecular flexibility index (Phi) is 7.56. The summed E-state index contributed by atoms with van der Waals surface area (Å²) in [6, 6.07) is -23.3. The van der Waals surface area contributed by atoms with E-state index in [1.165, 1.54) is 59.2 Å². The molecule has 0 aliphatic rings. The average Bonchev–Trinajstić information content (AvgIpc) is 0.864. The molecule has 5 nitrogen and oxygen atoms in total. The molecule has 0 saturated carbocycles. The Morgan fingerprint density at radius 3 is 1.42 bits per heavy atom. The van der Waals surface area contributed by atoms with Gasteiger partial charge in [-0.15, -0.1) is 29.7 Å². The topological polar surface area (TPSA) is 35.9 Å². The molecule has 0 bridgehead atoms. The van der Waals surface area contributed by atoms with Gasteiger partial charge in [-0.1, -0.05) is 302 Å². The first-order valence-corrected chi connectivity index (χ1v) is 31.7. The van der Waals surface area contributed by atoms with Crippen molar-refractivity contribution in [3.8, 4) is 50.9 Å². The van der Waals surface area contributed by atoms with Crippen molar-refractivity contribution >= 4 is 90.5 Å². The van der Waals surface area contributed by atoms with Crippen LogP contribution in [0, 0.1) is 25.3 Å². The quantitative estimate of drug-likeness (QED) is 0.0444. The van der Waals surface area contributed by atoms with Gasteiger partial charge in [-0.25, -0.2) is 4.98 Å². The van der Waals surface area contributed by atoms with Gasteiger partial charge in [0.05, 0.1) is 71.6 Å². The first kappa shape index (κ1) is 28.0. The molecule has 0 N–H and O–H groups in total. The Morgan fingerprint density at radius 1 is 0.441 bits per heavy atom. The number of nitrogens with zero attached hydrogens (tertiary/aromatic N) is 4. The summed E-state index contributed by atoms with van der Waals surface area (Å²) in [5.74, 6) is -0.433. The fourth-order valence-electron chi connectivity index (χ4n) is 11.6. The van der Waals surface area contributed by atoms with Crippen molar-refractivity contribution in [2.75, 3.05) is 0 Å². The minimum atomic E-state index is -7.24. The molecule has 446 valence electrons. The fraction of sp³-hybridized carbons (Fsp3) is 0.0118. The van der Waals surface area contributed by atoms with Gasteiger partial charge in [0, 0.05) is 54.0 Å². The Labute approximate surface area is 619 Å². The van der Waals surface area contributed by atoms with E-state index >= 15 is 0 Å². The molecule has 8 heteroatoms. The van der Waals surface area contributed by atoms with Crippen molar-refractivity contribution in [1.82, 2.24) is 14.1 Å². The van der Waals surface area contributed by atoms with Crippen LogP contribution < -0.4 is 50.8 Å². The SMILES string of the molecule is [2H]c1c([2H])c([2H])c(-c2cc([Si](c3c([2H])c([2H])c([2H])c([2H])c3[2H])(c3c([2H])c([2H])c([2H])c([2H])c3[2H])c3c([2H])c([2H])c([2H])c([2H])c3[2H])c(-[n+]3[c-]n(-c4[c-]c(Oc5[c-]c6c(cc5)c5ccccc5n6-c5cc(C([2H])([2H])[2H])c(-c6c([2H])c([2H])c([2H])c([2H])c6[2H])cn5)ccc4)c4ccccc43)c([Si](c3c([2H])c([2H])c([2H])c([2H])c3[2H])(c3c([2H])c([2H])c([2H])c([2H])c3[2H])c3c([2H])c([2H])c([2H])c([2H])c3[2H])c2)c([2H])c1[2H].[Pt].